The number of oxazole rings is 1. The van der Waals surface area contributed by atoms with E-state index < -0.39 is 0 Å². The van der Waals surface area contributed by atoms with E-state index in [-0.39, 0.29) is 0 Å². The third kappa shape index (κ3) is 3.31. The van der Waals surface area contributed by atoms with E-state index >= 15 is 0 Å². The molecule has 17 heavy (non-hydrogen) atoms. The third-order valence-electron chi connectivity index (χ3n) is 2.37. The summed E-state index contributed by atoms with van der Waals surface area (Å²) in [5.74, 6) is 0. The highest BCUT2D eigenvalue weighted by Gasteiger charge is 2.06. The second-order valence-electron chi connectivity index (χ2n) is 3.61. The predicted octanol–water partition coefficient (Wildman–Crippen LogP) is 2.89. The predicted molar refractivity (Wildman–Crippen MR) is 67.0 cm³/mol. The molecule has 0 amide bonds. The summed E-state index contributed by atoms with van der Waals surface area (Å²) in [5, 5.41) is 4.85. The van der Waals surface area contributed by atoms with E-state index in [2.05, 4.69) is 35.2 Å². The molecule has 0 radical (unpaired) electrons. The zero-order chi connectivity index (χ0) is 12.1. The van der Waals surface area contributed by atoms with Crippen LogP contribution in [0.5, 0.6) is 0 Å². The van der Waals surface area contributed by atoms with Gasteiger partial charge in [-0.05, 0) is 36.9 Å². The lowest BCUT2D eigenvalue weighted by Crippen LogP contribution is -2.17. The van der Waals surface area contributed by atoms with E-state index in [1.165, 1.54) is 17.3 Å². The smallest absolute Gasteiger partial charge is 0.261 e. The van der Waals surface area contributed by atoms with Crippen molar-refractivity contribution in [1.29, 1.82) is 0 Å². The SMILES string of the molecule is CCNC(C)c1ccc(Sc2ncco2)nc1. The molecule has 0 aliphatic rings. The van der Waals surface area contributed by atoms with Crippen molar-refractivity contribution in [2.45, 2.75) is 30.1 Å². The number of hydrogen-bond acceptors (Lipinski definition) is 5. The average molecular weight is 249 g/mol. The molecule has 0 bridgehead atoms. The minimum absolute atomic E-state index is 0.327. The molecule has 0 aliphatic heterocycles. The lowest BCUT2D eigenvalue weighted by molar-refractivity contribution is 0.454. The molecular weight excluding hydrogens is 234 g/mol. The summed E-state index contributed by atoms with van der Waals surface area (Å²) in [6.07, 6.45) is 5.08. The molecule has 2 aromatic rings. The van der Waals surface area contributed by atoms with Crippen LogP contribution in [0.2, 0.25) is 0 Å². The molecule has 2 aromatic heterocycles. The van der Waals surface area contributed by atoms with Gasteiger partial charge in [-0.1, -0.05) is 13.0 Å². The van der Waals surface area contributed by atoms with Crippen LogP contribution >= 0.6 is 11.8 Å². The number of nitrogens with one attached hydrogen (secondary N) is 1. The second kappa shape index (κ2) is 5.84. The maximum Gasteiger partial charge on any atom is 0.261 e. The summed E-state index contributed by atoms with van der Waals surface area (Å²) in [5.41, 5.74) is 1.18. The van der Waals surface area contributed by atoms with E-state index in [1.807, 2.05) is 12.3 Å². The van der Waals surface area contributed by atoms with Gasteiger partial charge < -0.3 is 9.73 Å². The number of nitrogens with zero attached hydrogens (tertiary/aromatic N) is 2. The highest BCUT2D eigenvalue weighted by atomic mass is 32.2. The molecule has 5 heteroatoms. The first kappa shape index (κ1) is 12.1. The van der Waals surface area contributed by atoms with Crippen LogP contribution in [0, 0.1) is 0 Å². The minimum atomic E-state index is 0.327. The van der Waals surface area contributed by atoms with Gasteiger partial charge in [0.05, 0.1) is 6.20 Å². The van der Waals surface area contributed by atoms with Crippen molar-refractivity contribution in [1.82, 2.24) is 15.3 Å². The molecule has 0 fully saturated rings. The largest absolute Gasteiger partial charge is 0.440 e. The Kier molecular flexibility index (Phi) is 4.17. The van der Waals surface area contributed by atoms with Crippen LogP contribution in [0.3, 0.4) is 0 Å². The van der Waals surface area contributed by atoms with Crippen molar-refractivity contribution >= 4 is 11.8 Å². The first-order valence-electron chi connectivity index (χ1n) is 5.56. The van der Waals surface area contributed by atoms with Gasteiger partial charge in [0.2, 0.25) is 0 Å². The van der Waals surface area contributed by atoms with E-state index in [9.17, 15) is 0 Å². The van der Waals surface area contributed by atoms with Gasteiger partial charge in [-0.25, -0.2) is 9.97 Å². The summed E-state index contributed by atoms with van der Waals surface area (Å²) in [6, 6.07) is 4.39. The highest BCUT2D eigenvalue weighted by molar-refractivity contribution is 7.99. The first-order valence-corrected chi connectivity index (χ1v) is 6.38. The van der Waals surface area contributed by atoms with Crippen molar-refractivity contribution in [3.63, 3.8) is 0 Å². The fourth-order valence-corrected chi connectivity index (χ4v) is 2.12. The van der Waals surface area contributed by atoms with Crippen LogP contribution < -0.4 is 5.32 Å². The molecular formula is C12H15N3OS. The molecule has 0 aliphatic carbocycles. The molecule has 2 heterocycles. The van der Waals surface area contributed by atoms with Gasteiger partial charge in [0.1, 0.15) is 11.3 Å². The summed E-state index contributed by atoms with van der Waals surface area (Å²) in [6.45, 7) is 5.17. The van der Waals surface area contributed by atoms with E-state index in [0.29, 0.717) is 11.3 Å². The molecule has 2 rings (SSSR count). The summed E-state index contributed by atoms with van der Waals surface area (Å²) in [4.78, 5) is 8.42. The van der Waals surface area contributed by atoms with E-state index in [1.54, 1.807) is 12.5 Å². The van der Waals surface area contributed by atoms with Gasteiger partial charge in [-0.3, -0.25) is 0 Å². The molecule has 1 unspecified atom stereocenters. The Bertz CT molecular complexity index is 441. The molecule has 1 N–H and O–H groups in total. The van der Waals surface area contributed by atoms with Gasteiger partial charge in [0.15, 0.2) is 0 Å². The summed E-state index contributed by atoms with van der Waals surface area (Å²) < 4.78 is 5.15. The monoisotopic (exact) mass is 249 g/mol. The van der Waals surface area contributed by atoms with Crippen LogP contribution in [0.15, 0.2) is 45.5 Å². The molecule has 0 aromatic carbocycles. The maximum absolute atomic E-state index is 5.15. The fourth-order valence-electron chi connectivity index (χ4n) is 1.48. The maximum atomic E-state index is 5.15. The Balaban J connectivity index is 2.02. The Hall–Kier alpha value is -1.33. The zero-order valence-corrected chi connectivity index (χ0v) is 10.7. The van der Waals surface area contributed by atoms with Crippen molar-refractivity contribution in [2.24, 2.45) is 0 Å². The molecule has 0 saturated carbocycles. The van der Waals surface area contributed by atoms with Crippen LogP contribution in [0.4, 0.5) is 0 Å². The van der Waals surface area contributed by atoms with Gasteiger partial charge in [0.25, 0.3) is 5.22 Å². The van der Waals surface area contributed by atoms with E-state index in [0.717, 1.165) is 11.6 Å². The van der Waals surface area contributed by atoms with Crippen molar-refractivity contribution in [3.8, 4) is 0 Å². The molecule has 1 atom stereocenters. The topological polar surface area (TPSA) is 51.0 Å². The Labute approximate surface area is 105 Å². The summed E-state index contributed by atoms with van der Waals surface area (Å²) >= 11 is 1.42. The number of rotatable bonds is 5. The van der Waals surface area contributed by atoms with Crippen LogP contribution in [0.1, 0.15) is 25.5 Å². The third-order valence-corrected chi connectivity index (χ3v) is 3.20. The Morgan fingerprint density at radius 1 is 1.41 bits per heavy atom. The van der Waals surface area contributed by atoms with Crippen molar-refractivity contribution in [2.75, 3.05) is 6.54 Å². The standard InChI is InChI=1S/C12H15N3OS/c1-3-13-9(2)10-4-5-11(15-8-10)17-12-14-6-7-16-12/h4-9,13H,3H2,1-2H3. The zero-order valence-electron chi connectivity index (χ0n) is 9.88. The van der Waals surface area contributed by atoms with Crippen molar-refractivity contribution < 1.29 is 4.42 Å². The van der Waals surface area contributed by atoms with Gasteiger partial charge in [-0.2, -0.15) is 0 Å². The Morgan fingerprint density at radius 2 is 2.29 bits per heavy atom. The molecule has 4 nitrogen and oxygen atoms in total. The lowest BCUT2D eigenvalue weighted by Gasteiger charge is -2.11. The number of pyridine rings is 1. The Morgan fingerprint density at radius 3 is 2.88 bits per heavy atom. The van der Waals surface area contributed by atoms with Crippen LogP contribution in [0.25, 0.3) is 0 Å². The minimum Gasteiger partial charge on any atom is -0.440 e. The van der Waals surface area contributed by atoms with Crippen LogP contribution in [-0.4, -0.2) is 16.5 Å². The number of aromatic nitrogens is 2. The average Bonchev–Trinajstić information content (AvgIpc) is 2.83. The van der Waals surface area contributed by atoms with Gasteiger partial charge in [0, 0.05) is 12.2 Å². The van der Waals surface area contributed by atoms with E-state index in [4.69, 9.17) is 4.42 Å². The lowest BCUT2D eigenvalue weighted by atomic mass is 10.1. The second-order valence-corrected chi connectivity index (χ2v) is 4.58. The number of hydrogen-bond donors (Lipinski definition) is 1. The first-order chi connectivity index (χ1) is 8.29. The van der Waals surface area contributed by atoms with Crippen molar-refractivity contribution in [3.05, 3.63) is 36.4 Å². The quantitative estimate of drug-likeness (QED) is 0.883. The van der Waals surface area contributed by atoms with Crippen LogP contribution in [-0.2, 0) is 0 Å². The normalized spacial score (nSPS) is 12.6. The fraction of sp³-hybridized carbons (Fsp3) is 0.333. The molecule has 90 valence electrons. The molecule has 0 saturated heterocycles. The molecule has 0 spiro atoms. The highest BCUT2D eigenvalue weighted by Crippen LogP contribution is 2.24. The summed E-state index contributed by atoms with van der Waals surface area (Å²) in [7, 11) is 0. The van der Waals surface area contributed by atoms with Gasteiger partial charge >= 0.3 is 0 Å². The van der Waals surface area contributed by atoms with Gasteiger partial charge in [-0.15, -0.1) is 0 Å².